The quantitative estimate of drug-likeness (QED) is 0.620. The van der Waals surface area contributed by atoms with Gasteiger partial charge in [0.05, 0.1) is 19.8 Å². The van der Waals surface area contributed by atoms with E-state index in [0.717, 1.165) is 0 Å². The van der Waals surface area contributed by atoms with Gasteiger partial charge < -0.3 is 14.2 Å². The number of ether oxygens (including phenoxy) is 3. The summed E-state index contributed by atoms with van der Waals surface area (Å²) in [6.45, 7) is 2.40. The van der Waals surface area contributed by atoms with Crippen molar-refractivity contribution in [3.63, 3.8) is 0 Å². The molecular weight excluding hydrogens is 288 g/mol. The number of fused-ring (bicyclic) bond motifs is 1. The average molecular weight is 306 g/mol. The molecule has 0 spiro atoms. The van der Waals surface area contributed by atoms with E-state index in [1.807, 2.05) is 0 Å². The monoisotopic (exact) mass is 306 g/mol. The van der Waals surface area contributed by atoms with E-state index in [1.165, 1.54) is 28.1 Å². The van der Waals surface area contributed by atoms with Gasteiger partial charge in [-0.3, -0.25) is 14.4 Å². The molecule has 1 aliphatic carbocycles. The first-order valence-corrected chi connectivity index (χ1v) is 6.86. The molecule has 0 amide bonds. The van der Waals surface area contributed by atoms with Crippen LogP contribution in [0.1, 0.15) is 31.4 Å². The van der Waals surface area contributed by atoms with Gasteiger partial charge in [-0.25, -0.2) is 0 Å². The largest absolute Gasteiger partial charge is 0.497 e. The van der Waals surface area contributed by atoms with Crippen LogP contribution in [0, 0.1) is 0 Å². The van der Waals surface area contributed by atoms with Crippen molar-refractivity contribution in [2.75, 3.05) is 14.2 Å². The Balaban J connectivity index is 2.80. The molecule has 1 atom stereocenters. The molecule has 22 heavy (non-hydrogen) atoms. The van der Waals surface area contributed by atoms with Crippen molar-refractivity contribution in [2.24, 2.45) is 0 Å². The number of hydrogen-bond acceptors (Lipinski definition) is 6. The lowest BCUT2D eigenvalue weighted by Crippen LogP contribution is -2.49. The van der Waals surface area contributed by atoms with E-state index < -0.39 is 23.1 Å². The molecule has 0 fully saturated rings. The highest BCUT2D eigenvalue weighted by Gasteiger charge is 2.53. The van der Waals surface area contributed by atoms with Crippen LogP contribution in [0.25, 0.3) is 0 Å². The van der Waals surface area contributed by atoms with Crippen LogP contribution in [0.2, 0.25) is 0 Å². The van der Waals surface area contributed by atoms with Crippen molar-refractivity contribution in [2.45, 2.75) is 32.3 Å². The van der Waals surface area contributed by atoms with Crippen LogP contribution in [-0.4, -0.2) is 31.8 Å². The molecule has 0 radical (unpaired) electrons. The van der Waals surface area contributed by atoms with Gasteiger partial charge in [0.15, 0.2) is 11.6 Å². The van der Waals surface area contributed by atoms with E-state index in [-0.39, 0.29) is 6.42 Å². The first kappa shape index (κ1) is 16.0. The number of benzene rings is 1. The zero-order valence-corrected chi connectivity index (χ0v) is 13.0. The number of Topliss-reactive ketones (excluding diaryl/α,β-unsaturated/α-hetero) is 2. The van der Waals surface area contributed by atoms with Crippen LogP contribution in [0.4, 0.5) is 0 Å². The van der Waals surface area contributed by atoms with E-state index in [4.69, 9.17) is 14.2 Å². The van der Waals surface area contributed by atoms with Crippen LogP contribution >= 0.6 is 0 Å². The number of methoxy groups -OCH3 is 2. The van der Waals surface area contributed by atoms with Gasteiger partial charge in [-0.2, -0.15) is 0 Å². The van der Waals surface area contributed by atoms with Crippen LogP contribution < -0.4 is 9.47 Å². The SMILES string of the molecule is COc1cc2c(c(OC)c1)C(OC(C)=O)(C(C)=O)C(=O)CC2. The summed E-state index contributed by atoms with van der Waals surface area (Å²) >= 11 is 0. The van der Waals surface area contributed by atoms with Crippen molar-refractivity contribution >= 4 is 17.5 Å². The fraction of sp³-hybridized carbons (Fsp3) is 0.438. The molecule has 1 aliphatic rings. The van der Waals surface area contributed by atoms with Crippen LogP contribution in [0.15, 0.2) is 12.1 Å². The summed E-state index contributed by atoms with van der Waals surface area (Å²) in [5, 5.41) is 0. The minimum atomic E-state index is -1.93. The molecule has 118 valence electrons. The molecule has 1 aromatic carbocycles. The summed E-state index contributed by atoms with van der Waals surface area (Å²) in [6.07, 6.45) is 0.536. The Morgan fingerprint density at radius 3 is 2.27 bits per heavy atom. The third kappa shape index (κ3) is 2.34. The minimum Gasteiger partial charge on any atom is -0.497 e. The predicted molar refractivity (Wildman–Crippen MR) is 77.0 cm³/mol. The van der Waals surface area contributed by atoms with Crippen molar-refractivity contribution in [1.29, 1.82) is 0 Å². The second-order valence-electron chi connectivity index (χ2n) is 5.12. The number of carbonyl (C=O) groups is 3. The van der Waals surface area contributed by atoms with Gasteiger partial charge in [0.1, 0.15) is 11.5 Å². The van der Waals surface area contributed by atoms with Gasteiger partial charge in [-0.15, -0.1) is 0 Å². The Morgan fingerprint density at radius 2 is 1.77 bits per heavy atom. The number of aryl methyl sites for hydroxylation is 1. The summed E-state index contributed by atoms with van der Waals surface area (Å²) < 4.78 is 15.8. The molecule has 0 bridgehead atoms. The summed E-state index contributed by atoms with van der Waals surface area (Å²) in [7, 11) is 2.94. The maximum absolute atomic E-state index is 12.5. The zero-order valence-electron chi connectivity index (χ0n) is 13.0. The molecule has 6 heteroatoms. The fourth-order valence-corrected chi connectivity index (χ4v) is 2.85. The third-order valence-corrected chi connectivity index (χ3v) is 3.77. The fourth-order valence-electron chi connectivity index (χ4n) is 2.85. The van der Waals surface area contributed by atoms with Crippen molar-refractivity contribution < 1.29 is 28.6 Å². The number of rotatable bonds is 4. The molecule has 1 aromatic rings. The highest BCUT2D eigenvalue weighted by Crippen LogP contribution is 2.44. The maximum atomic E-state index is 12.5. The van der Waals surface area contributed by atoms with Gasteiger partial charge in [-0.05, 0) is 25.0 Å². The van der Waals surface area contributed by atoms with Gasteiger partial charge in [0, 0.05) is 19.4 Å². The molecule has 0 N–H and O–H groups in total. The first-order valence-electron chi connectivity index (χ1n) is 6.86. The van der Waals surface area contributed by atoms with Gasteiger partial charge in [0.25, 0.3) is 5.60 Å². The lowest BCUT2D eigenvalue weighted by atomic mass is 9.75. The Hall–Kier alpha value is -2.37. The molecule has 1 unspecified atom stereocenters. The van der Waals surface area contributed by atoms with Crippen molar-refractivity contribution in [3.8, 4) is 11.5 Å². The molecule has 0 heterocycles. The van der Waals surface area contributed by atoms with E-state index in [2.05, 4.69) is 0 Å². The molecule has 2 rings (SSSR count). The minimum absolute atomic E-state index is 0.107. The van der Waals surface area contributed by atoms with E-state index in [9.17, 15) is 14.4 Å². The van der Waals surface area contributed by atoms with Crippen LogP contribution in [0.5, 0.6) is 11.5 Å². The van der Waals surface area contributed by atoms with Gasteiger partial charge >= 0.3 is 5.97 Å². The number of ketones is 2. The Bertz CT molecular complexity index is 631. The molecule has 0 aromatic heterocycles. The zero-order chi connectivity index (χ0) is 16.5. The predicted octanol–water partition coefficient (Wildman–Crippen LogP) is 1.57. The second-order valence-corrected chi connectivity index (χ2v) is 5.12. The number of hydrogen-bond donors (Lipinski definition) is 0. The summed E-state index contributed by atoms with van der Waals surface area (Å²) in [5.41, 5.74) is -0.932. The first-order chi connectivity index (χ1) is 10.4. The summed E-state index contributed by atoms with van der Waals surface area (Å²) in [4.78, 5) is 36.3. The lowest BCUT2D eigenvalue weighted by molar-refractivity contribution is -0.173. The summed E-state index contributed by atoms with van der Waals surface area (Å²) in [5.74, 6) is -0.846. The van der Waals surface area contributed by atoms with Gasteiger partial charge in [0.2, 0.25) is 0 Å². The molecule has 6 nitrogen and oxygen atoms in total. The van der Waals surface area contributed by atoms with Crippen LogP contribution in [-0.2, 0) is 31.1 Å². The van der Waals surface area contributed by atoms with Crippen molar-refractivity contribution in [3.05, 3.63) is 23.3 Å². The number of carbonyl (C=O) groups excluding carboxylic acids is 3. The summed E-state index contributed by atoms with van der Waals surface area (Å²) in [6, 6.07) is 3.30. The highest BCUT2D eigenvalue weighted by atomic mass is 16.6. The van der Waals surface area contributed by atoms with Crippen LogP contribution in [0.3, 0.4) is 0 Å². The molecule has 0 saturated carbocycles. The van der Waals surface area contributed by atoms with Gasteiger partial charge in [-0.1, -0.05) is 0 Å². The Morgan fingerprint density at radius 1 is 1.09 bits per heavy atom. The number of esters is 1. The average Bonchev–Trinajstić information content (AvgIpc) is 2.48. The Kier molecular flexibility index (Phi) is 4.21. The smallest absolute Gasteiger partial charge is 0.304 e. The van der Waals surface area contributed by atoms with E-state index in [0.29, 0.717) is 29.0 Å². The lowest BCUT2D eigenvalue weighted by Gasteiger charge is -2.35. The molecule has 0 aliphatic heterocycles. The van der Waals surface area contributed by atoms with Crippen molar-refractivity contribution in [1.82, 2.24) is 0 Å². The second kappa shape index (κ2) is 5.79. The maximum Gasteiger partial charge on any atom is 0.304 e. The third-order valence-electron chi connectivity index (χ3n) is 3.77. The Labute approximate surface area is 128 Å². The van der Waals surface area contributed by atoms with E-state index in [1.54, 1.807) is 12.1 Å². The topological polar surface area (TPSA) is 78.9 Å². The molecular formula is C16H18O6. The van der Waals surface area contributed by atoms with E-state index >= 15 is 0 Å². The highest BCUT2D eigenvalue weighted by molar-refractivity contribution is 6.13. The molecule has 0 saturated heterocycles. The standard InChI is InChI=1S/C16H18O6/c1-9(17)16(22-10(2)18)14(19)6-5-11-7-12(20-3)8-13(21-4)15(11)16/h7-8H,5-6H2,1-4H3. The normalized spacial score (nSPS) is 20.1.